The number of piperidine rings is 1. The molecule has 1 unspecified atom stereocenters. The van der Waals surface area contributed by atoms with Crippen molar-refractivity contribution < 1.29 is 18.3 Å². The highest BCUT2D eigenvalue weighted by atomic mass is 32.2. The maximum Gasteiger partial charge on any atom is 0.243 e. The number of aliphatic hydroxyl groups excluding tert-OH is 1. The van der Waals surface area contributed by atoms with Gasteiger partial charge in [-0.3, -0.25) is 4.79 Å². The van der Waals surface area contributed by atoms with Crippen molar-refractivity contribution in [3.63, 3.8) is 0 Å². The van der Waals surface area contributed by atoms with Gasteiger partial charge in [-0.1, -0.05) is 26.0 Å². The number of carbonyl (C=O) groups is 1. The summed E-state index contributed by atoms with van der Waals surface area (Å²) in [4.78, 5) is 15.0. The molecule has 2 atom stereocenters. The first-order chi connectivity index (χ1) is 13.8. The summed E-state index contributed by atoms with van der Waals surface area (Å²) in [7, 11) is -3.88. The van der Waals surface area contributed by atoms with Gasteiger partial charge in [0.15, 0.2) is 0 Å². The number of nitrogens with zero attached hydrogens (tertiary/aromatic N) is 1. The first-order valence-corrected chi connectivity index (χ1v) is 12.1. The van der Waals surface area contributed by atoms with Crippen LogP contribution in [0.5, 0.6) is 0 Å². The fourth-order valence-corrected chi connectivity index (χ4v) is 5.57. The molecule has 2 heterocycles. The summed E-state index contributed by atoms with van der Waals surface area (Å²) in [5.74, 6) is 0.824. The maximum atomic E-state index is 13.2. The summed E-state index contributed by atoms with van der Waals surface area (Å²) < 4.78 is 29.1. The van der Waals surface area contributed by atoms with Crippen molar-refractivity contribution in [1.82, 2.24) is 9.62 Å². The lowest BCUT2D eigenvalue weighted by atomic mass is 9.96. The number of amides is 1. The minimum atomic E-state index is -3.88. The topological polar surface area (TPSA) is 98.7 Å². The summed E-state index contributed by atoms with van der Waals surface area (Å²) in [5.41, 5.74) is 1.62. The molecule has 0 radical (unpaired) electrons. The van der Waals surface area contributed by atoms with Gasteiger partial charge in [-0.05, 0) is 55.6 Å². The highest BCUT2D eigenvalue weighted by Crippen LogP contribution is 2.31. The van der Waals surface area contributed by atoms with Gasteiger partial charge in [-0.2, -0.15) is 4.72 Å². The zero-order valence-corrected chi connectivity index (χ0v) is 18.2. The standard InChI is InChI=1S/C21H33N3O4S/c1-15-8-10-24(11-9-15)21(26)18(6-4-12-25)23-29(27,28)19-7-3-5-17-13-16(2)14-22-20(17)19/h3,5,7,15-16,18,22-23,25H,4,6,8-14H2,1-2H3/t16-,18?/m0/s1. The lowest BCUT2D eigenvalue weighted by Crippen LogP contribution is -2.50. The fraction of sp³-hybridized carbons (Fsp3) is 0.667. The highest BCUT2D eigenvalue weighted by molar-refractivity contribution is 7.89. The molecule has 162 valence electrons. The van der Waals surface area contributed by atoms with Crippen LogP contribution in [0.2, 0.25) is 0 Å². The van der Waals surface area contributed by atoms with Crippen LogP contribution in [0, 0.1) is 11.8 Å². The smallest absolute Gasteiger partial charge is 0.243 e. The molecule has 1 aromatic rings. The molecule has 2 aliphatic heterocycles. The van der Waals surface area contributed by atoms with Crippen LogP contribution in [-0.4, -0.2) is 56.6 Å². The number of hydrogen-bond donors (Lipinski definition) is 3. The SMILES string of the molecule is CC1CCN(C(=O)C(CCCO)NS(=O)(=O)c2cccc3c2NC[C@@H](C)C3)CC1. The number of likely N-dealkylation sites (tertiary alicyclic amines) is 1. The molecule has 0 spiro atoms. The van der Waals surface area contributed by atoms with Gasteiger partial charge in [-0.15, -0.1) is 0 Å². The summed E-state index contributed by atoms with van der Waals surface area (Å²) in [6.45, 7) is 6.23. The fourth-order valence-electron chi connectivity index (χ4n) is 4.12. The van der Waals surface area contributed by atoms with Crippen LogP contribution in [0.25, 0.3) is 0 Å². The summed E-state index contributed by atoms with van der Waals surface area (Å²) in [6.07, 6.45) is 3.33. The first-order valence-electron chi connectivity index (χ1n) is 10.6. The second-order valence-corrected chi connectivity index (χ2v) is 10.2. The van der Waals surface area contributed by atoms with E-state index < -0.39 is 16.1 Å². The Bertz CT molecular complexity index is 819. The Morgan fingerprint density at radius 2 is 2.00 bits per heavy atom. The van der Waals surface area contributed by atoms with Gasteiger partial charge >= 0.3 is 0 Å². The van der Waals surface area contributed by atoms with Gasteiger partial charge in [0.1, 0.15) is 10.9 Å². The number of carbonyl (C=O) groups excluding carboxylic acids is 1. The lowest BCUT2D eigenvalue weighted by Gasteiger charge is -2.33. The molecule has 7 nitrogen and oxygen atoms in total. The van der Waals surface area contributed by atoms with E-state index in [9.17, 15) is 18.3 Å². The molecule has 0 aromatic heterocycles. The van der Waals surface area contributed by atoms with Crippen LogP contribution >= 0.6 is 0 Å². The number of para-hydroxylation sites is 1. The summed E-state index contributed by atoms with van der Waals surface area (Å²) >= 11 is 0. The van der Waals surface area contributed by atoms with Crippen LogP contribution in [0.15, 0.2) is 23.1 Å². The van der Waals surface area contributed by atoms with E-state index in [1.807, 2.05) is 6.07 Å². The molecule has 1 saturated heterocycles. The third kappa shape index (κ3) is 5.29. The van der Waals surface area contributed by atoms with E-state index in [1.165, 1.54) is 0 Å². The number of anilines is 1. The largest absolute Gasteiger partial charge is 0.396 e. The molecule has 0 aliphatic carbocycles. The van der Waals surface area contributed by atoms with Crippen molar-refractivity contribution in [2.24, 2.45) is 11.8 Å². The van der Waals surface area contributed by atoms with Gasteiger partial charge in [-0.25, -0.2) is 8.42 Å². The van der Waals surface area contributed by atoms with E-state index in [1.54, 1.807) is 17.0 Å². The van der Waals surface area contributed by atoms with Gasteiger partial charge < -0.3 is 15.3 Å². The first kappa shape index (κ1) is 22.1. The molecule has 1 amide bonds. The summed E-state index contributed by atoms with van der Waals surface area (Å²) in [5, 5.41) is 12.5. The van der Waals surface area contributed by atoms with E-state index in [2.05, 4.69) is 23.9 Å². The zero-order chi connectivity index (χ0) is 21.0. The Labute approximate surface area is 173 Å². The van der Waals surface area contributed by atoms with E-state index in [0.717, 1.165) is 31.4 Å². The molecule has 1 aromatic carbocycles. The van der Waals surface area contributed by atoms with Crippen LogP contribution in [0.1, 0.15) is 45.1 Å². The van der Waals surface area contributed by atoms with Crippen LogP contribution in [0.3, 0.4) is 0 Å². The highest BCUT2D eigenvalue weighted by Gasteiger charge is 2.32. The van der Waals surface area contributed by atoms with E-state index in [0.29, 0.717) is 37.0 Å². The molecule has 1 fully saturated rings. The van der Waals surface area contributed by atoms with E-state index >= 15 is 0 Å². The average Bonchev–Trinajstić information content (AvgIpc) is 2.70. The van der Waals surface area contributed by atoms with Gasteiger partial charge in [0.2, 0.25) is 15.9 Å². The predicted molar refractivity (Wildman–Crippen MR) is 113 cm³/mol. The summed E-state index contributed by atoms with van der Waals surface area (Å²) in [6, 6.07) is 4.42. The Morgan fingerprint density at radius 3 is 2.69 bits per heavy atom. The zero-order valence-electron chi connectivity index (χ0n) is 17.4. The Balaban J connectivity index is 1.81. The molecular formula is C21H33N3O4S. The average molecular weight is 424 g/mol. The predicted octanol–water partition coefficient (Wildman–Crippen LogP) is 1.97. The quantitative estimate of drug-likeness (QED) is 0.623. The van der Waals surface area contributed by atoms with E-state index in [-0.39, 0.29) is 23.8 Å². The van der Waals surface area contributed by atoms with Crippen molar-refractivity contribution in [2.75, 3.05) is 31.6 Å². The molecule has 0 bridgehead atoms. The van der Waals surface area contributed by atoms with Crippen molar-refractivity contribution >= 4 is 21.6 Å². The third-order valence-electron chi connectivity index (χ3n) is 5.94. The third-order valence-corrected chi connectivity index (χ3v) is 7.45. The van der Waals surface area contributed by atoms with Crippen molar-refractivity contribution in [1.29, 1.82) is 0 Å². The number of rotatable bonds is 7. The number of benzene rings is 1. The second-order valence-electron chi connectivity index (χ2n) is 8.53. The molecular weight excluding hydrogens is 390 g/mol. The molecule has 29 heavy (non-hydrogen) atoms. The Morgan fingerprint density at radius 1 is 1.28 bits per heavy atom. The minimum Gasteiger partial charge on any atom is -0.396 e. The van der Waals surface area contributed by atoms with Crippen molar-refractivity contribution in [3.8, 4) is 0 Å². The Hall–Kier alpha value is -1.64. The number of hydrogen-bond acceptors (Lipinski definition) is 5. The Kier molecular flexibility index (Phi) is 7.19. The monoisotopic (exact) mass is 423 g/mol. The van der Waals surface area contributed by atoms with Gasteiger partial charge in [0, 0.05) is 26.2 Å². The van der Waals surface area contributed by atoms with E-state index in [4.69, 9.17) is 0 Å². The molecule has 2 aliphatic rings. The molecule has 0 saturated carbocycles. The molecule has 8 heteroatoms. The van der Waals surface area contributed by atoms with Crippen LogP contribution in [0.4, 0.5) is 5.69 Å². The maximum absolute atomic E-state index is 13.2. The molecule has 3 rings (SSSR count). The van der Waals surface area contributed by atoms with Gasteiger partial charge in [0.25, 0.3) is 0 Å². The van der Waals surface area contributed by atoms with Crippen LogP contribution < -0.4 is 10.0 Å². The van der Waals surface area contributed by atoms with Gasteiger partial charge in [0.05, 0.1) is 5.69 Å². The number of aliphatic hydroxyl groups is 1. The lowest BCUT2D eigenvalue weighted by molar-refractivity contribution is -0.134. The second kappa shape index (κ2) is 9.45. The molecule has 3 N–H and O–H groups in total. The number of nitrogens with one attached hydrogen (secondary N) is 2. The van der Waals surface area contributed by atoms with Crippen molar-refractivity contribution in [2.45, 2.75) is 56.9 Å². The minimum absolute atomic E-state index is 0.0806. The number of sulfonamides is 1. The normalized spacial score (nSPS) is 21.3. The van der Waals surface area contributed by atoms with Crippen molar-refractivity contribution in [3.05, 3.63) is 23.8 Å². The van der Waals surface area contributed by atoms with Crippen LogP contribution in [-0.2, 0) is 21.2 Å². The number of fused-ring (bicyclic) bond motifs is 1.